The summed E-state index contributed by atoms with van der Waals surface area (Å²) in [6.07, 6.45) is 7.34. The Morgan fingerprint density at radius 3 is 3.25 bits per heavy atom. The van der Waals surface area contributed by atoms with Crippen molar-refractivity contribution >= 4 is 11.8 Å². The van der Waals surface area contributed by atoms with Gasteiger partial charge in [-0.1, -0.05) is 11.8 Å². The second-order valence-electron chi connectivity index (χ2n) is 3.80. The molecule has 1 unspecified atom stereocenters. The molecule has 0 aromatic carbocycles. The number of hydrogen-bond acceptors (Lipinski definition) is 5. The maximum Gasteiger partial charge on any atom is 0.217 e. The van der Waals surface area contributed by atoms with E-state index in [-0.39, 0.29) is 0 Å². The zero-order valence-electron chi connectivity index (χ0n) is 9.48. The molecule has 1 fully saturated rings. The van der Waals surface area contributed by atoms with Crippen molar-refractivity contribution in [3.8, 4) is 5.88 Å². The van der Waals surface area contributed by atoms with Crippen LogP contribution in [-0.2, 0) is 0 Å². The fourth-order valence-electron chi connectivity index (χ4n) is 1.76. The average molecular weight is 239 g/mol. The number of ether oxygens (including phenoxy) is 1. The number of aromatic nitrogens is 2. The minimum atomic E-state index is 0.291. The summed E-state index contributed by atoms with van der Waals surface area (Å²) in [7, 11) is 0. The smallest absolute Gasteiger partial charge is 0.217 e. The third kappa shape index (κ3) is 3.35. The third-order valence-corrected chi connectivity index (χ3v) is 3.16. The highest BCUT2D eigenvalue weighted by molar-refractivity contribution is 7.98. The van der Waals surface area contributed by atoms with Crippen molar-refractivity contribution in [3.05, 3.63) is 12.3 Å². The molecule has 88 valence electrons. The standard InChI is InChI=1S/C11H17N3OS/c1-16-11-13-8-5-10(14-11)15-9-3-2-6-12-7-4-9/h5,8-9,12H,2-4,6-7H2,1H3. The van der Waals surface area contributed by atoms with Gasteiger partial charge in [-0.3, -0.25) is 0 Å². The molecule has 1 aromatic heterocycles. The van der Waals surface area contributed by atoms with E-state index in [0.29, 0.717) is 12.0 Å². The number of thioether (sulfide) groups is 1. The van der Waals surface area contributed by atoms with Gasteiger partial charge in [-0.25, -0.2) is 4.98 Å². The van der Waals surface area contributed by atoms with Gasteiger partial charge in [0.15, 0.2) is 5.16 Å². The summed E-state index contributed by atoms with van der Waals surface area (Å²) in [4.78, 5) is 8.45. The van der Waals surface area contributed by atoms with Crippen molar-refractivity contribution in [2.24, 2.45) is 0 Å². The van der Waals surface area contributed by atoms with Gasteiger partial charge in [-0.2, -0.15) is 4.98 Å². The largest absolute Gasteiger partial charge is 0.474 e. The van der Waals surface area contributed by atoms with Crippen molar-refractivity contribution in [1.29, 1.82) is 0 Å². The fourth-order valence-corrected chi connectivity index (χ4v) is 2.11. The van der Waals surface area contributed by atoms with Crippen LogP contribution in [0, 0.1) is 0 Å². The first-order chi connectivity index (χ1) is 7.88. The lowest BCUT2D eigenvalue weighted by Crippen LogP contribution is -2.19. The molecule has 1 aliphatic heterocycles. The molecule has 1 N–H and O–H groups in total. The monoisotopic (exact) mass is 239 g/mol. The van der Waals surface area contributed by atoms with Gasteiger partial charge in [-0.15, -0.1) is 0 Å². The predicted octanol–water partition coefficient (Wildman–Crippen LogP) is 1.72. The number of nitrogens with one attached hydrogen (secondary N) is 1. The molecule has 0 amide bonds. The summed E-state index contributed by atoms with van der Waals surface area (Å²) in [5, 5.41) is 4.14. The van der Waals surface area contributed by atoms with Gasteiger partial charge < -0.3 is 10.1 Å². The van der Waals surface area contributed by atoms with E-state index >= 15 is 0 Å². The van der Waals surface area contributed by atoms with Crippen LogP contribution in [0.4, 0.5) is 0 Å². The zero-order chi connectivity index (χ0) is 11.2. The lowest BCUT2D eigenvalue weighted by atomic mass is 10.2. The Bertz CT molecular complexity index is 327. The summed E-state index contributed by atoms with van der Waals surface area (Å²) in [6.45, 7) is 2.13. The Balaban J connectivity index is 1.96. The molecule has 0 radical (unpaired) electrons. The molecule has 0 saturated carbocycles. The van der Waals surface area contributed by atoms with Crippen molar-refractivity contribution < 1.29 is 4.74 Å². The molecule has 16 heavy (non-hydrogen) atoms. The molecule has 0 spiro atoms. The number of hydrogen-bond donors (Lipinski definition) is 1. The number of rotatable bonds is 3. The Hall–Kier alpha value is -0.810. The summed E-state index contributed by atoms with van der Waals surface area (Å²) in [5.41, 5.74) is 0. The quantitative estimate of drug-likeness (QED) is 0.643. The van der Waals surface area contributed by atoms with Crippen molar-refractivity contribution in [2.45, 2.75) is 30.5 Å². The molecule has 4 nitrogen and oxygen atoms in total. The first-order valence-corrected chi connectivity index (χ1v) is 6.85. The van der Waals surface area contributed by atoms with Crippen LogP contribution in [0.2, 0.25) is 0 Å². The van der Waals surface area contributed by atoms with E-state index in [1.807, 2.05) is 12.3 Å². The van der Waals surface area contributed by atoms with E-state index in [4.69, 9.17) is 4.74 Å². The van der Waals surface area contributed by atoms with Crippen LogP contribution in [0.15, 0.2) is 17.4 Å². The first-order valence-electron chi connectivity index (χ1n) is 5.63. The van der Waals surface area contributed by atoms with E-state index < -0.39 is 0 Å². The SMILES string of the molecule is CSc1nccc(OC2CCCNCC2)n1. The minimum Gasteiger partial charge on any atom is -0.474 e. The van der Waals surface area contributed by atoms with Gasteiger partial charge in [0.2, 0.25) is 5.88 Å². The lowest BCUT2D eigenvalue weighted by molar-refractivity contribution is 0.178. The van der Waals surface area contributed by atoms with Crippen LogP contribution in [-0.4, -0.2) is 35.4 Å². The van der Waals surface area contributed by atoms with E-state index in [1.54, 1.807) is 6.20 Å². The van der Waals surface area contributed by atoms with Crippen molar-refractivity contribution in [3.63, 3.8) is 0 Å². The van der Waals surface area contributed by atoms with Gasteiger partial charge in [0.05, 0.1) is 0 Å². The second kappa shape index (κ2) is 6.06. The van der Waals surface area contributed by atoms with Crippen LogP contribution in [0.25, 0.3) is 0 Å². The van der Waals surface area contributed by atoms with Crippen molar-refractivity contribution in [1.82, 2.24) is 15.3 Å². The summed E-state index contributed by atoms with van der Waals surface area (Å²) in [5.74, 6) is 0.700. The van der Waals surface area contributed by atoms with Crippen LogP contribution in [0.5, 0.6) is 5.88 Å². The second-order valence-corrected chi connectivity index (χ2v) is 4.58. The zero-order valence-corrected chi connectivity index (χ0v) is 10.3. The maximum absolute atomic E-state index is 5.87. The molecule has 0 aliphatic carbocycles. The van der Waals surface area contributed by atoms with E-state index in [2.05, 4.69) is 15.3 Å². The van der Waals surface area contributed by atoms with Crippen LogP contribution in [0.3, 0.4) is 0 Å². The minimum absolute atomic E-state index is 0.291. The van der Waals surface area contributed by atoms with Gasteiger partial charge >= 0.3 is 0 Å². The lowest BCUT2D eigenvalue weighted by Gasteiger charge is -2.15. The predicted molar refractivity (Wildman–Crippen MR) is 64.9 cm³/mol. The highest BCUT2D eigenvalue weighted by Gasteiger charge is 2.14. The fraction of sp³-hybridized carbons (Fsp3) is 0.636. The molecule has 2 rings (SSSR count). The molecule has 1 saturated heterocycles. The summed E-state index contributed by atoms with van der Waals surface area (Å²) >= 11 is 1.53. The van der Waals surface area contributed by atoms with Gasteiger partial charge in [0, 0.05) is 12.3 Å². The molecule has 2 heterocycles. The highest BCUT2D eigenvalue weighted by Crippen LogP contribution is 2.17. The van der Waals surface area contributed by atoms with E-state index in [0.717, 1.165) is 31.1 Å². The van der Waals surface area contributed by atoms with E-state index in [9.17, 15) is 0 Å². The topological polar surface area (TPSA) is 47.0 Å². The molecule has 5 heteroatoms. The normalized spacial score (nSPS) is 21.4. The van der Waals surface area contributed by atoms with Gasteiger partial charge in [0.25, 0.3) is 0 Å². The molecule has 0 bridgehead atoms. The molecule has 1 aliphatic rings. The van der Waals surface area contributed by atoms with Crippen molar-refractivity contribution in [2.75, 3.05) is 19.3 Å². The first kappa shape index (κ1) is 11.7. The average Bonchev–Trinajstić information content (AvgIpc) is 2.58. The number of nitrogens with zero attached hydrogens (tertiary/aromatic N) is 2. The summed E-state index contributed by atoms with van der Waals surface area (Å²) in [6, 6.07) is 1.83. The Labute approximate surface area is 100 Å². The maximum atomic E-state index is 5.87. The van der Waals surface area contributed by atoms with Crippen LogP contribution < -0.4 is 10.1 Å². The molecular formula is C11H17N3OS. The van der Waals surface area contributed by atoms with Crippen LogP contribution >= 0.6 is 11.8 Å². The highest BCUT2D eigenvalue weighted by atomic mass is 32.2. The molecule has 1 atom stereocenters. The van der Waals surface area contributed by atoms with Gasteiger partial charge in [0.1, 0.15) is 6.10 Å². The Morgan fingerprint density at radius 2 is 2.38 bits per heavy atom. The summed E-state index contributed by atoms with van der Waals surface area (Å²) < 4.78 is 5.87. The van der Waals surface area contributed by atoms with E-state index in [1.165, 1.54) is 18.2 Å². The van der Waals surface area contributed by atoms with Crippen LogP contribution in [0.1, 0.15) is 19.3 Å². The van der Waals surface area contributed by atoms with Gasteiger partial charge in [-0.05, 0) is 38.6 Å². The third-order valence-electron chi connectivity index (χ3n) is 2.60. The Morgan fingerprint density at radius 1 is 1.44 bits per heavy atom. The Kier molecular flexibility index (Phi) is 4.42. The molecule has 1 aromatic rings. The molecular weight excluding hydrogens is 222 g/mol.